The molecule has 0 aliphatic carbocycles. The van der Waals surface area contributed by atoms with E-state index in [-0.39, 0.29) is 35.7 Å². The normalized spacial score (nSPS) is 18.3. The summed E-state index contributed by atoms with van der Waals surface area (Å²) in [5, 5.41) is 12.6. The smallest absolute Gasteiger partial charge is 0.255 e. The molecule has 4 aromatic carbocycles. The summed E-state index contributed by atoms with van der Waals surface area (Å²) >= 11 is 0. The third-order valence-corrected chi connectivity index (χ3v) is 10.3. The zero-order chi connectivity index (χ0) is 37.3. The number of hydrogen-bond acceptors (Lipinski definition) is 7. The summed E-state index contributed by atoms with van der Waals surface area (Å²) in [5.41, 5.74) is 4.58. The van der Waals surface area contributed by atoms with Gasteiger partial charge in [0.2, 0.25) is 5.91 Å². The van der Waals surface area contributed by atoms with Gasteiger partial charge in [0.1, 0.15) is 29.5 Å². The molecule has 3 heterocycles. The van der Waals surface area contributed by atoms with Crippen LogP contribution in [0.25, 0.3) is 22.3 Å². The van der Waals surface area contributed by atoms with Gasteiger partial charge in [-0.3, -0.25) is 14.4 Å². The third-order valence-electron chi connectivity index (χ3n) is 10.3. The number of carbonyl (C=O) groups excluding carboxylic acids is 3. The summed E-state index contributed by atoms with van der Waals surface area (Å²) in [5.74, 6) is 0.633. The first kappa shape index (κ1) is 37.1. The number of likely N-dealkylation sites (tertiary alicyclic amines) is 1. The number of ether oxygens (including phenoxy) is 2. The van der Waals surface area contributed by atoms with E-state index < -0.39 is 0 Å². The predicted octanol–water partition coefficient (Wildman–Crippen LogP) is 6.42. The number of halogens is 1. The van der Waals surface area contributed by atoms with E-state index in [0.29, 0.717) is 47.7 Å². The van der Waals surface area contributed by atoms with Crippen LogP contribution in [0.2, 0.25) is 0 Å². The molecule has 0 unspecified atom stereocenters. The van der Waals surface area contributed by atoms with Gasteiger partial charge in [-0.05, 0) is 123 Å². The molecule has 0 spiro atoms. The van der Waals surface area contributed by atoms with Crippen molar-refractivity contribution in [3.8, 4) is 33.8 Å². The summed E-state index contributed by atoms with van der Waals surface area (Å²) in [6.45, 7) is 5.32. The Morgan fingerprint density at radius 2 is 1.30 bits per heavy atom. The summed E-state index contributed by atoms with van der Waals surface area (Å²) < 4.78 is 26.5. The average Bonchev–Trinajstić information content (AvgIpc) is 3.93. The van der Waals surface area contributed by atoms with Crippen LogP contribution in [0.5, 0.6) is 11.5 Å². The molecule has 282 valence electrons. The summed E-state index contributed by atoms with van der Waals surface area (Å²) in [4.78, 5) is 41.2. The highest BCUT2D eigenvalue weighted by molar-refractivity contribution is 6.05. The molecule has 4 aromatic rings. The van der Waals surface area contributed by atoms with Crippen LogP contribution in [-0.4, -0.2) is 80.6 Å². The molecule has 4 N–H and O–H groups in total. The van der Waals surface area contributed by atoms with Gasteiger partial charge < -0.3 is 35.6 Å². The molecule has 3 saturated heterocycles. The maximum absolute atomic E-state index is 13.8. The fourth-order valence-corrected chi connectivity index (χ4v) is 7.23. The first-order valence-electron chi connectivity index (χ1n) is 19.2. The Kier molecular flexibility index (Phi) is 12.2. The van der Waals surface area contributed by atoms with E-state index in [0.717, 1.165) is 87.2 Å². The lowest BCUT2D eigenvalue weighted by molar-refractivity contribution is -0.132. The standard InChI is InChI=1S/C43H48FN5O5/c44-33-13-10-30(11-14-33)38-26-34(15-17-40(38)54-36-19-22-46-28-36)48-43(52)32-12-16-39(53-35-18-21-45-27-35)37(25-32)29-6-8-31(9-7-29)42(51)47-20-4-5-41(50)49-23-2-1-3-24-49/h6-17,25-26,35-36,45-46H,1-5,18-24,27-28H2,(H,47,51)(H,48,52)/t35-,36-/m0/s1. The molecule has 3 fully saturated rings. The lowest BCUT2D eigenvalue weighted by Crippen LogP contribution is -2.36. The minimum absolute atomic E-state index is 0.000836. The van der Waals surface area contributed by atoms with E-state index in [1.807, 2.05) is 47.4 Å². The highest BCUT2D eigenvalue weighted by atomic mass is 19.1. The Bertz CT molecular complexity index is 1920. The van der Waals surface area contributed by atoms with Gasteiger partial charge in [-0.15, -0.1) is 0 Å². The SMILES string of the molecule is O=C(NCCCC(=O)N1CCCCC1)c1ccc(-c2cc(C(=O)Nc3ccc(O[C@H]4CCNC4)c(-c4ccc(F)cc4)c3)ccc2O[C@H]2CCNC2)cc1. The quantitative estimate of drug-likeness (QED) is 0.117. The third kappa shape index (κ3) is 9.45. The fourth-order valence-electron chi connectivity index (χ4n) is 7.23. The molecule has 0 bridgehead atoms. The van der Waals surface area contributed by atoms with Crippen molar-refractivity contribution in [2.45, 2.75) is 57.2 Å². The van der Waals surface area contributed by atoms with Crippen molar-refractivity contribution in [2.75, 3.05) is 51.1 Å². The first-order chi connectivity index (χ1) is 26.4. The van der Waals surface area contributed by atoms with Crippen LogP contribution >= 0.6 is 0 Å². The van der Waals surface area contributed by atoms with Gasteiger partial charge in [0.15, 0.2) is 0 Å². The Balaban J connectivity index is 1.06. The number of piperidine rings is 1. The fraction of sp³-hybridized carbons (Fsp3) is 0.372. The largest absolute Gasteiger partial charge is 0.488 e. The molecule has 11 heteroatoms. The van der Waals surface area contributed by atoms with Gasteiger partial charge in [0.05, 0.1) is 0 Å². The monoisotopic (exact) mass is 733 g/mol. The minimum atomic E-state index is -0.330. The molecule has 54 heavy (non-hydrogen) atoms. The molecule has 7 rings (SSSR count). The maximum atomic E-state index is 13.8. The van der Waals surface area contributed by atoms with Crippen LogP contribution in [0.3, 0.4) is 0 Å². The van der Waals surface area contributed by atoms with Gasteiger partial charge in [-0.2, -0.15) is 0 Å². The summed E-state index contributed by atoms with van der Waals surface area (Å²) in [6, 6.07) is 24.4. The van der Waals surface area contributed by atoms with Crippen molar-refractivity contribution in [3.63, 3.8) is 0 Å². The molecule has 10 nitrogen and oxygen atoms in total. The van der Waals surface area contributed by atoms with Crippen molar-refractivity contribution in [1.29, 1.82) is 0 Å². The van der Waals surface area contributed by atoms with Crippen molar-refractivity contribution < 1.29 is 28.2 Å². The number of rotatable bonds is 13. The van der Waals surface area contributed by atoms with Gasteiger partial charge in [0, 0.05) is 67.1 Å². The summed E-state index contributed by atoms with van der Waals surface area (Å²) in [6.07, 6.45) is 6.11. The van der Waals surface area contributed by atoms with E-state index in [4.69, 9.17) is 9.47 Å². The van der Waals surface area contributed by atoms with Gasteiger partial charge in [-0.1, -0.05) is 24.3 Å². The minimum Gasteiger partial charge on any atom is -0.488 e. The number of carbonyl (C=O) groups is 3. The number of anilines is 1. The van der Waals surface area contributed by atoms with E-state index >= 15 is 0 Å². The predicted molar refractivity (Wildman–Crippen MR) is 207 cm³/mol. The average molecular weight is 734 g/mol. The Morgan fingerprint density at radius 3 is 1.93 bits per heavy atom. The van der Waals surface area contributed by atoms with Crippen LogP contribution in [0.15, 0.2) is 84.9 Å². The molecule has 2 atom stereocenters. The Hall–Kier alpha value is -5.26. The molecule has 3 aliphatic heterocycles. The second-order valence-corrected chi connectivity index (χ2v) is 14.2. The van der Waals surface area contributed by atoms with Crippen LogP contribution < -0.4 is 30.7 Å². The Labute approximate surface area is 315 Å². The van der Waals surface area contributed by atoms with Crippen molar-refractivity contribution >= 4 is 23.4 Å². The number of amides is 3. The van der Waals surface area contributed by atoms with Crippen molar-refractivity contribution in [2.24, 2.45) is 0 Å². The molecular formula is C43H48FN5O5. The molecular weight excluding hydrogens is 686 g/mol. The molecule has 0 aromatic heterocycles. The van der Waals surface area contributed by atoms with Crippen LogP contribution in [0.1, 0.15) is 65.7 Å². The number of benzene rings is 4. The second-order valence-electron chi connectivity index (χ2n) is 14.2. The first-order valence-corrected chi connectivity index (χ1v) is 19.2. The topological polar surface area (TPSA) is 121 Å². The van der Waals surface area contributed by atoms with Crippen LogP contribution in [0.4, 0.5) is 10.1 Å². The van der Waals surface area contributed by atoms with E-state index in [2.05, 4.69) is 21.3 Å². The van der Waals surface area contributed by atoms with E-state index in [9.17, 15) is 18.8 Å². The number of hydrogen-bond donors (Lipinski definition) is 4. The van der Waals surface area contributed by atoms with Gasteiger partial charge in [0.25, 0.3) is 11.8 Å². The van der Waals surface area contributed by atoms with Gasteiger partial charge in [-0.25, -0.2) is 4.39 Å². The van der Waals surface area contributed by atoms with Crippen LogP contribution in [0, 0.1) is 5.82 Å². The second kappa shape index (κ2) is 17.7. The molecule has 0 saturated carbocycles. The van der Waals surface area contributed by atoms with Gasteiger partial charge >= 0.3 is 0 Å². The highest BCUT2D eigenvalue weighted by Gasteiger charge is 2.22. The molecule has 0 radical (unpaired) electrons. The zero-order valence-electron chi connectivity index (χ0n) is 30.5. The lowest BCUT2D eigenvalue weighted by Gasteiger charge is -2.26. The van der Waals surface area contributed by atoms with E-state index in [1.54, 1.807) is 30.3 Å². The molecule has 3 aliphatic rings. The van der Waals surface area contributed by atoms with Crippen molar-refractivity contribution in [3.05, 3.63) is 102 Å². The molecule has 3 amide bonds. The zero-order valence-corrected chi connectivity index (χ0v) is 30.5. The number of nitrogens with one attached hydrogen (secondary N) is 4. The Morgan fingerprint density at radius 1 is 0.704 bits per heavy atom. The summed E-state index contributed by atoms with van der Waals surface area (Å²) in [7, 11) is 0. The number of nitrogens with zero attached hydrogens (tertiary/aromatic N) is 1. The van der Waals surface area contributed by atoms with Crippen LogP contribution in [-0.2, 0) is 4.79 Å². The van der Waals surface area contributed by atoms with E-state index in [1.165, 1.54) is 18.6 Å². The highest BCUT2D eigenvalue weighted by Crippen LogP contribution is 2.36. The maximum Gasteiger partial charge on any atom is 0.255 e. The lowest BCUT2D eigenvalue weighted by atomic mass is 9.99. The van der Waals surface area contributed by atoms with Crippen molar-refractivity contribution in [1.82, 2.24) is 20.9 Å².